The van der Waals surface area contributed by atoms with Gasteiger partial charge in [-0.25, -0.2) is 0 Å². The maximum absolute atomic E-state index is 12.8. The predicted molar refractivity (Wildman–Crippen MR) is 65.6 cm³/mol. The number of fused-ring (bicyclic) bond motifs is 1. The minimum absolute atomic E-state index is 0.00232. The third-order valence-electron chi connectivity index (χ3n) is 2.72. The molecule has 2 aromatic heterocycles. The fraction of sp³-hybridized carbons (Fsp3) is 0.0833. The minimum Gasteiger partial charge on any atom is -0.399 e. The first-order chi connectivity index (χ1) is 9.45. The van der Waals surface area contributed by atoms with Crippen LogP contribution in [0.1, 0.15) is 5.56 Å². The summed E-state index contributed by atoms with van der Waals surface area (Å²) in [6.07, 6.45) is -2.98. The molecule has 0 aliphatic heterocycles. The van der Waals surface area contributed by atoms with Crippen LogP contribution in [0.5, 0.6) is 0 Å². The van der Waals surface area contributed by atoms with Gasteiger partial charge in [-0.2, -0.15) is 22.8 Å². The molecule has 0 radical (unpaired) electrons. The quantitative estimate of drug-likeness (QED) is 0.694. The van der Waals surface area contributed by atoms with Crippen LogP contribution in [0.25, 0.3) is 17.0 Å². The van der Waals surface area contributed by atoms with Crippen LogP contribution in [0, 0.1) is 0 Å². The third-order valence-corrected chi connectivity index (χ3v) is 2.72. The van der Waals surface area contributed by atoms with Crippen molar-refractivity contribution in [2.75, 3.05) is 5.73 Å². The van der Waals surface area contributed by atoms with Gasteiger partial charge in [-0.15, -0.1) is 10.2 Å². The Kier molecular flexibility index (Phi) is 2.60. The van der Waals surface area contributed by atoms with Gasteiger partial charge in [0, 0.05) is 17.4 Å². The SMILES string of the molecule is Nc1cc(-c2nnc3cccnn23)cc(C(F)(F)F)c1. The topological polar surface area (TPSA) is 69.1 Å². The molecule has 0 bridgehead atoms. The van der Waals surface area contributed by atoms with Gasteiger partial charge < -0.3 is 5.73 Å². The average molecular weight is 279 g/mol. The highest BCUT2D eigenvalue weighted by molar-refractivity contribution is 5.65. The van der Waals surface area contributed by atoms with Crippen LogP contribution in [0.4, 0.5) is 18.9 Å². The number of benzene rings is 1. The number of nitrogens with two attached hydrogens (primary N) is 1. The molecule has 2 N–H and O–H groups in total. The highest BCUT2D eigenvalue weighted by atomic mass is 19.4. The van der Waals surface area contributed by atoms with Gasteiger partial charge >= 0.3 is 6.18 Å². The zero-order chi connectivity index (χ0) is 14.3. The molecule has 0 fully saturated rings. The number of rotatable bonds is 1. The molecule has 3 rings (SSSR count). The zero-order valence-electron chi connectivity index (χ0n) is 9.96. The number of nitrogens with zero attached hydrogens (tertiary/aromatic N) is 4. The highest BCUT2D eigenvalue weighted by Gasteiger charge is 2.31. The second-order valence-electron chi connectivity index (χ2n) is 4.16. The summed E-state index contributed by atoms with van der Waals surface area (Å²) in [5.41, 5.74) is 5.35. The molecule has 102 valence electrons. The van der Waals surface area contributed by atoms with E-state index in [-0.39, 0.29) is 17.1 Å². The maximum atomic E-state index is 12.8. The zero-order valence-corrected chi connectivity index (χ0v) is 9.96. The van der Waals surface area contributed by atoms with Crippen LogP contribution < -0.4 is 5.73 Å². The van der Waals surface area contributed by atoms with Crippen LogP contribution in [0.15, 0.2) is 36.5 Å². The van der Waals surface area contributed by atoms with Crippen LogP contribution in [0.2, 0.25) is 0 Å². The molecular formula is C12H8F3N5. The number of anilines is 1. The molecule has 0 spiro atoms. The number of hydrogen-bond donors (Lipinski definition) is 1. The summed E-state index contributed by atoms with van der Waals surface area (Å²) < 4.78 is 39.7. The van der Waals surface area contributed by atoms with E-state index < -0.39 is 11.7 Å². The highest BCUT2D eigenvalue weighted by Crippen LogP contribution is 2.33. The first-order valence-electron chi connectivity index (χ1n) is 5.60. The van der Waals surface area contributed by atoms with E-state index in [2.05, 4.69) is 15.3 Å². The fourth-order valence-corrected chi connectivity index (χ4v) is 1.87. The molecule has 8 heteroatoms. The van der Waals surface area contributed by atoms with Gasteiger partial charge in [-0.05, 0) is 30.3 Å². The van der Waals surface area contributed by atoms with Gasteiger partial charge in [0.1, 0.15) is 0 Å². The molecule has 0 atom stereocenters. The Bertz CT molecular complexity index is 778. The molecule has 0 aliphatic carbocycles. The van der Waals surface area contributed by atoms with Crippen molar-refractivity contribution in [3.05, 3.63) is 42.1 Å². The second-order valence-corrected chi connectivity index (χ2v) is 4.16. The lowest BCUT2D eigenvalue weighted by Crippen LogP contribution is -2.06. The van der Waals surface area contributed by atoms with Crippen LogP contribution >= 0.6 is 0 Å². The Balaban J connectivity index is 2.22. The van der Waals surface area contributed by atoms with E-state index in [1.54, 1.807) is 12.1 Å². The molecule has 2 heterocycles. The summed E-state index contributed by atoms with van der Waals surface area (Å²) >= 11 is 0. The molecule has 20 heavy (non-hydrogen) atoms. The van der Waals surface area contributed by atoms with Crippen molar-refractivity contribution in [2.45, 2.75) is 6.18 Å². The Hall–Kier alpha value is -2.64. The van der Waals surface area contributed by atoms with Gasteiger partial charge in [0.15, 0.2) is 11.5 Å². The molecule has 5 nitrogen and oxygen atoms in total. The van der Waals surface area contributed by atoms with Crippen molar-refractivity contribution in [3.63, 3.8) is 0 Å². The standard InChI is InChI=1S/C12H8F3N5/c13-12(14,15)8-4-7(5-9(16)6-8)11-19-18-10-2-1-3-17-20(10)11/h1-6H,16H2. The van der Waals surface area contributed by atoms with Gasteiger partial charge in [0.2, 0.25) is 0 Å². The van der Waals surface area contributed by atoms with Crippen molar-refractivity contribution >= 4 is 11.3 Å². The average Bonchev–Trinajstić information content (AvgIpc) is 2.80. The van der Waals surface area contributed by atoms with E-state index in [1.807, 2.05) is 0 Å². The van der Waals surface area contributed by atoms with E-state index in [1.165, 1.54) is 16.8 Å². The summed E-state index contributed by atoms with van der Waals surface area (Å²) in [5.74, 6) is 0.207. The minimum atomic E-state index is -4.47. The third kappa shape index (κ3) is 2.04. The van der Waals surface area contributed by atoms with E-state index >= 15 is 0 Å². The normalized spacial score (nSPS) is 11.9. The lowest BCUT2D eigenvalue weighted by atomic mass is 10.1. The van der Waals surface area contributed by atoms with Crippen molar-refractivity contribution in [3.8, 4) is 11.4 Å². The van der Waals surface area contributed by atoms with Crippen molar-refractivity contribution in [1.29, 1.82) is 0 Å². The van der Waals surface area contributed by atoms with Gasteiger partial charge in [-0.3, -0.25) is 0 Å². The summed E-state index contributed by atoms with van der Waals surface area (Å²) in [6.45, 7) is 0. The van der Waals surface area contributed by atoms with Gasteiger partial charge in [0.05, 0.1) is 5.56 Å². The fourth-order valence-electron chi connectivity index (χ4n) is 1.87. The largest absolute Gasteiger partial charge is 0.416 e. The summed E-state index contributed by atoms with van der Waals surface area (Å²) in [7, 11) is 0. The number of alkyl halides is 3. The lowest BCUT2D eigenvalue weighted by molar-refractivity contribution is -0.137. The first kappa shape index (κ1) is 12.4. The Morgan fingerprint density at radius 2 is 1.90 bits per heavy atom. The molecular weight excluding hydrogens is 271 g/mol. The van der Waals surface area contributed by atoms with E-state index in [0.29, 0.717) is 5.65 Å². The summed E-state index contributed by atoms with van der Waals surface area (Å²) in [6, 6.07) is 6.57. The van der Waals surface area contributed by atoms with E-state index in [9.17, 15) is 13.2 Å². The molecule has 0 amide bonds. The molecule has 0 saturated heterocycles. The number of nitrogen functional groups attached to an aromatic ring is 1. The van der Waals surface area contributed by atoms with Gasteiger partial charge in [0.25, 0.3) is 0 Å². The Morgan fingerprint density at radius 1 is 1.10 bits per heavy atom. The van der Waals surface area contributed by atoms with Gasteiger partial charge in [-0.1, -0.05) is 0 Å². The van der Waals surface area contributed by atoms with Crippen LogP contribution in [-0.2, 0) is 6.18 Å². The first-order valence-corrected chi connectivity index (χ1v) is 5.60. The Labute approximate surface area is 110 Å². The van der Waals surface area contributed by atoms with E-state index in [0.717, 1.165) is 12.1 Å². The number of aromatic nitrogens is 4. The molecule has 0 unspecified atom stereocenters. The summed E-state index contributed by atoms with van der Waals surface area (Å²) in [5, 5.41) is 11.7. The van der Waals surface area contributed by atoms with Crippen molar-refractivity contribution < 1.29 is 13.2 Å². The number of halogens is 3. The monoisotopic (exact) mass is 279 g/mol. The smallest absolute Gasteiger partial charge is 0.399 e. The van der Waals surface area contributed by atoms with Crippen LogP contribution in [0.3, 0.4) is 0 Å². The lowest BCUT2D eigenvalue weighted by Gasteiger charge is -2.09. The Morgan fingerprint density at radius 3 is 2.65 bits per heavy atom. The molecule has 0 saturated carbocycles. The molecule has 1 aromatic carbocycles. The maximum Gasteiger partial charge on any atom is 0.416 e. The summed E-state index contributed by atoms with van der Waals surface area (Å²) in [4.78, 5) is 0. The molecule has 0 aliphatic rings. The molecule has 3 aromatic rings. The number of hydrogen-bond acceptors (Lipinski definition) is 4. The van der Waals surface area contributed by atoms with E-state index in [4.69, 9.17) is 5.73 Å². The van der Waals surface area contributed by atoms with Crippen LogP contribution in [-0.4, -0.2) is 19.8 Å². The van der Waals surface area contributed by atoms with Crippen molar-refractivity contribution in [1.82, 2.24) is 19.8 Å². The van der Waals surface area contributed by atoms with Crippen molar-refractivity contribution in [2.24, 2.45) is 0 Å². The predicted octanol–water partition coefficient (Wildman–Crippen LogP) is 2.39. The second kappa shape index (κ2) is 4.19.